The molecule has 0 aliphatic carbocycles. The summed E-state index contributed by atoms with van der Waals surface area (Å²) in [6.45, 7) is 2.20. The molecule has 0 radical (unpaired) electrons. The van der Waals surface area contributed by atoms with Crippen LogP contribution in [0.5, 0.6) is 11.5 Å². The zero-order valence-corrected chi connectivity index (χ0v) is 25.3. The molecule has 0 unspecified atom stereocenters. The highest BCUT2D eigenvalue weighted by Crippen LogP contribution is 2.52. The Morgan fingerprint density at radius 3 is 1.93 bits per heavy atom. The smallest absolute Gasteiger partial charge is 0.453 e. The van der Waals surface area contributed by atoms with E-state index >= 15 is 0 Å². The van der Waals surface area contributed by atoms with Gasteiger partial charge in [-0.3, -0.25) is 9.59 Å². The van der Waals surface area contributed by atoms with Crippen LogP contribution in [-0.4, -0.2) is 50.2 Å². The minimum Gasteiger partial charge on any atom is -0.508 e. The minimum atomic E-state index is -5.78. The predicted molar refractivity (Wildman–Crippen MR) is 157 cm³/mol. The number of carboxylic acids is 2. The quantitative estimate of drug-likeness (QED) is 0.0818. The van der Waals surface area contributed by atoms with Crippen LogP contribution in [0.15, 0.2) is 47.4 Å². The van der Waals surface area contributed by atoms with E-state index in [0.717, 1.165) is 47.5 Å². The summed E-state index contributed by atoms with van der Waals surface area (Å²) in [5, 5.41) is 39.0. The average Bonchev–Trinajstić information content (AvgIpc) is 2.93. The van der Waals surface area contributed by atoms with Crippen molar-refractivity contribution in [1.82, 2.24) is 0 Å². The highest BCUT2D eigenvalue weighted by atomic mass is 32.2. The minimum absolute atomic E-state index is 0.153. The van der Waals surface area contributed by atoms with Crippen LogP contribution in [0.1, 0.15) is 94.6 Å². The molecule has 4 N–H and O–H groups in total. The number of thioether (sulfide) groups is 1. The fourth-order valence-electron chi connectivity index (χ4n) is 6.09. The van der Waals surface area contributed by atoms with Crippen LogP contribution in [0.25, 0.3) is 0 Å². The zero-order valence-electron chi connectivity index (χ0n) is 24.5. The first-order chi connectivity index (χ1) is 20.5. The van der Waals surface area contributed by atoms with Gasteiger partial charge in [-0.15, -0.1) is 11.8 Å². The number of phenols is 2. The molecule has 6 nitrogen and oxygen atoms in total. The van der Waals surface area contributed by atoms with E-state index in [0.29, 0.717) is 12.8 Å². The lowest BCUT2D eigenvalue weighted by atomic mass is 9.68. The Morgan fingerprint density at radius 1 is 0.795 bits per heavy atom. The summed E-state index contributed by atoms with van der Waals surface area (Å²) in [5.74, 6) is -7.15. The van der Waals surface area contributed by atoms with Crippen LogP contribution in [0.2, 0.25) is 0 Å². The SMILES string of the molecule is C[C@]1(c2ccc(O)cc2)CSc2cc(O)ccc2[C@H]1CCCCCCCCC(CCCC(F)(F)C(F)(F)F)(C(=O)O)C(=O)O. The lowest BCUT2D eigenvalue weighted by Gasteiger charge is -2.43. The van der Waals surface area contributed by atoms with Gasteiger partial charge in [0.25, 0.3) is 0 Å². The summed E-state index contributed by atoms with van der Waals surface area (Å²) in [6.07, 6.45) is -4.76. The monoisotopic (exact) mass is 646 g/mol. The Labute approximate surface area is 257 Å². The fourth-order valence-corrected chi connectivity index (χ4v) is 7.49. The van der Waals surface area contributed by atoms with Crippen molar-refractivity contribution < 1.29 is 52.0 Å². The number of rotatable bonds is 16. The molecule has 0 amide bonds. The second-order valence-corrected chi connectivity index (χ2v) is 13.0. The van der Waals surface area contributed by atoms with E-state index in [1.54, 1.807) is 36.0 Å². The molecular weight excluding hydrogens is 607 g/mol. The van der Waals surface area contributed by atoms with Crippen LogP contribution in [0.4, 0.5) is 22.0 Å². The van der Waals surface area contributed by atoms with Crippen LogP contribution in [0.3, 0.4) is 0 Å². The highest BCUT2D eigenvalue weighted by molar-refractivity contribution is 7.99. The molecule has 0 saturated carbocycles. The normalized spacial score (nSPS) is 19.0. The molecule has 1 aliphatic rings. The molecule has 2 atom stereocenters. The van der Waals surface area contributed by atoms with Crippen LogP contribution >= 0.6 is 11.8 Å². The number of halogens is 5. The van der Waals surface area contributed by atoms with E-state index < -0.39 is 48.7 Å². The lowest BCUT2D eigenvalue weighted by Crippen LogP contribution is -2.41. The second kappa shape index (κ2) is 14.4. The standard InChI is InChI=1S/C32H39F5O6S/c1-29(21-10-12-22(38)13-11-21)20-44-26-19-23(39)14-15-24(26)25(29)9-6-4-2-3-5-7-16-30(27(40)41,28(42)43)17-8-18-31(33,34)32(35,36)37/h10-15,19,25,38-39H,2-9,16-18,20H2,1H3,(H,40,41)(H,42,43)/t25-,29-/m1/s1. The second-order valence-electron chi connectivity index (χ2n) is 11.9. The van der Waals surface area contributed by atoms with Crippen molar-refractivity contribution in [2.45, 2.75) is 106 Å². The molecule has 0 saturated heterocycles. The molecule has 244 valence electrons. The first-order valence-corrected chi connectivity index (χ1v) is 15.7. The van der Waals surface area contributed by atoms with E-state index in [4.69, 9.17) is 0 Å². The molecule has 44 heavy (non-hydrogen) atoms. The largest absolute Gasteiger partial charge is 0.508 e. The van der Waals surface area contributed by atoms with Gasteiger partial charge in [0.05, 0.1) is 0 Å². The van der Waals surface area contributed by atoms with Gasteiger partial charge >= 0.3 is 24.0 Å². The molecule has 12 heteroatoms. The number of carbonyl (C=O) groups is 2. The molecule has 1 heterocycles. The number of phenolic OH excluding ortho intramolecular Hbond substituents is 2. The van der Waals surface area contributed by atoms with E-state index in [-0.39, 0.29) is 35.7 Å². The fraction of sp³-hybridized carbons (Fsp3) is 0.562. The van der Waals surface area contributed by atoms with Crippen molar-refractivity contribution in [1.29, 1.82) is 0 Å². The topological polar surface area (TPSA) is 115 Å². The van der Waals surface area contributed by atoms with Gasteiger partial charge in [0.1, 0.15) is 11.5 Å². The summed E-state index contributed by atoms with van der Waals surface area (Å²) < 4.78 is 63.9. The zero-order chi connectivity index (χ0) is 32.8. The van der Waals surface area contributed by atoms with Gasteiger partial charge in [0.2, 0.25) is 0 Å². The van der Waals surface area contributed by atoms with E-state index in [1.165, 1.54) is 0 Å². The Morgan fingerprint density at radius 2 is 1.34 bits per heavy atom. The maximum atomic E-state index is 13.3. The Hall–Kier alpha value is -3.02. The summed E-state index contributed by atoms with van der Waals surface area (Å²) in [4.78, 5) is 24.7. The highest BCUT2D eigenvalue weighted by Gasteiger charge is 2.57. The van der Waals surface area contributed by atoms with Crippen molar-refractivity contribution in [3.63, 3.8) is 0 Å². The Kier molecular flexibility index (Phi) is 11.6. The van der Waals surface area contributed by atoms with Crippen molar-refractivity contribution in [2.75, 3.05) is 5.75 Å². The van der Waals surface area contributed by atoms with E-state index in [2.05, 4.69) is 6.92 Å². The van der Waals surface area contributed by atoms with Crippen LogP contribution in [0, 0.1) is 5.41 Å². The van der Waals surface area contributed by atoms with Gasteiger partial charge in [-0.2, -0.15) is 22.0 Å². The maximum absolute atomic E-state index is 13.3. The summed E-state index contributed by atoms with van der Waals surface area (Å²) in [7, 11) is 0. The van der Waals surface area contributed by atoms with Gasteiger partial charge in [0.15, 0.2) is 5.41 Å². The molecule has 0 bridgehead atoms. The number of aromatic hydroxyl groups is 2. The molecule has 1 aliphatic heterocycles. The third-order valence-electron chi connectivity index (χ3n) is 8.87. The number of benzene rings is 2. The van der Waals surface area contributed by atoms with E-state index in [9.17, 15) is 52.0 Å². The van der Waals surface area contributed by atoms with Gasteiger partial charge in [-0.05, 0) is 67.0 Å². The third-order valence-corrected chi connectivity index (χ3v) is 10.3. The van der Waals surface area contributed by atoms with Gasteiger partial charge in [-0.25, -0.2) is 0 Å². The summed E-state index contributed by atoms with van der Waals surface area (Å²) in [5.41, 5.74) is -0.375. The number of carboxylic acid groups (broad SMARTS) is 2. The number of hydrogen-bond acceptors (Lipinski definition) is 5. The number of alkyl halides is 5. The first kappa shape index (κ1) is 35.5. The molecule has 2 aromatic rings. The van der Waals surface area contributed by atoms with Crippen molar-refractivity contribution in [3.05, 3.63) is 53.6 Å². The Balaban J connectivity index is 1.53. The molecule has 0 aromatic heterocycles. The van der Waals surface area contributed by atoms with Crippen molar-refractivity contribution in [3.8, 4) is 11.5 Å². The number of unbranched alkanes of at least 4 members (excludes halogenated alkanes) is 5. The molecule has 3 rings (SSSR count). The lowest BCUT2D eigenvalue weighted by molar-refractivity contribution is -0.284. The maximum Gasteiger partial charge on any atom is 0.453 e. The summed E-state index contributed by atoms with van der Waals surface area (Å²) >= 11 is 1.69. The van der Waals surface area contributed by atoms with Crippen molar-refractivity contribution in [2.24, 2.45) is 5.41 Å². The average molecular weight is 647 g/mol. The van der Waals surface area contributed by atoms with Gasteiger partial charge in [-0.1, -0.05) is 63.6 Å². The predicted octanol–water partition coefficient (Wildman–Crippen LogP) is 8.89. The van der Waals surface area contributed by atoms with E-state index in [1.807, 2.05) is 18.2 Å². The van der Waals surface area contributed by atoms with Gasteiger partial charge < -0.3 is 20.4 Å². The molecule has 2 aromatic carbocycles. The first-order valence-electron chi connectivity index (χ1n) is 14.7. The number of hydrogen-bond donors (Lipinski definition) is 4. The van der Waals surface area contributed by atoms with Crippen LogP contribution in [-0.2, 0) is 15.0 Å². The number of fused-ring (bicyclic) bond motifs is 1. The molecule has 0 fully saturated rings. The molecule has 0 spiro atoms. The number of aliphatic carboxylic acids is 2. The van der Waals surface area contributed by atoms with Crippen molar-refractivity contribution >= 4 is 23.7 Å². The van der Waals surface area contributed by atoms with Gasteiger partial charge in [0, 0.05) is 22.5 Å². The third kappa shape index (κ3) is 8.17. The molecular formula is C32H39F5O6S. The van der Waals surface area contributed by atoms with Crippen LogP contribution < -0.4 is 0 Å². The summed E-state index contributed by atoms with van der Waals surface area (Å²) in [6, 6.07) is 12.6. The Bertz CT molecular complexity index is 1270.